The van der Waals surface area contributed by atoms with Gasteiger partial charge >= 0.3 is 12.0 Å². The number of hydrogen-bond acceptors (Lipinski definition) is 7. The first-order valence-electron chi connectivity index (χ1n) is 14.9. The zero-order valence-electron chi connectivity index (χ0n) is 26.5. The molecule has 1 fully saturated rings. The standard InChI is InChI=1S/C34H36ClN5O4S/c1-8-43-32(41)28(44-34(3,4)5)26-19(2)17-24-29(27(26)20-9-12-22(35)13-10-20)45-31(36-24)21-11-14-25-23(18-21)30(37-39(25)7)40-16-15-38(6)33(40)42/h9-14,17-18,28H,8,15-16H2,1-7H3/t28-/m0/s1. The van der Waals surface area contributed by atoms with Gasteiger partial charge in [-0.15, -0.1) is 11.3 Å². The SMILES string of the molecule is CCOC(=O)[C@@H](OC(C)(C)C)c1c(C)cc2nc(-c3ccc4c(c3)c(N3CCN(C)C3=O)nn4C)sc2c1-c1ccc(Cl)cc1. The number of aromatic nitrogens is 3. The van der Waals surface area contributed by atoms with Crippen LogP contribution in [0.2, 0.25) is 5.02 Å². The number of carbonyl (C=O) groups is 2. The molecule has 11 heteroatoms. The molecule has 5 aromatic rings. The lowest BCUT2D eigenvalue weighted by Crippen LogP contribution is -2.29. The Labute approximate surface area is 271 Å². The second-order valence-electron chi connectivity index (χ2n) is 12.3. The van der Waals surface area contributed by atoms with Gasteiger partial charge in [0.1, 0.15) is 5.01 Å². The van der Waals surface area contributed by atoms with Crippen LogP contribution in [-0.2, 0) is 21.3 Å². The number of esters is 1. The number of benzene rings is 3. The maximum absolute atomic E-state index is 13.5. The van der Waals surface area contributed by atoms with E-state index in [-0.39, 0.29) is 12.6 Å². The van der Waals surface area contributed by atoms with Gasteiger partial charge in [-0.2, -0.15) is 5.10 Å². The Morgan fingerprint density at radius 3 is 2.42 bits per heavy atom. The topological polar surface area (TPSA) is 89.8 Å². The lowest BCUT2D eigenvalue weighted by Gasteiger charge is -2.29. The third-order valence-corrected chi connectivity index (χ3v) is 9.23. The predicted octanol–water partition coefficient (Wildman–Crippen LogP) is 7.77. The minimum absolute atomic E-state index is 0.0652. The zero-order chi connectivity index (χ0) is 32.2. The molecule has 1 atom stereocenters. The number of rotatable bonds is 7. The molecule has 0 bridgehead atoms. The second kappa shape index (κ2) is 11.7. The van der Waals surface area contributed by atoms with Crippen LogP contribution < -0.4 is 4.90 Å². The molecule has 0 aliphatic carbocycles. The largest absolute Gasteiger partial charge is 0.464 e. The number of amides is 2. The van der Waals surface area contributed by atoms with Crippen LogP contribution in [0.15, 0.2) is 48.5 Å². The van der Waals surface area contributed by atoms with Crippen LogP contribution in [0, 0.1) is 6.92 Å². The fourth-order valence-corrected chi connectivity index (χ4v) is 7.04. The Hall–Kier alpha value is -3.99. The first kappa shape index (κ1) is 31.0. The molecule has 1 aliphatic heterocycles. The average Bonchev–Trinajstić information content (AvgIpc) is 3.66. The molecule has 0 radical (unpaired) electrons. The van der Waals surface area contributed by atoms with E-state index in [1.165, 1.54) is 0 Å². The fraction of sp³-hybridized carbons (Fsp3) is 0.353. The fourth-order valence-electron chi connectivity index (χ4n) is 5.80. The summed E-state index contributed by atoms with van der Waals surface area (Å²) in [6.45, 7) is 11.0. The van der Waals surface area contributed by atoms with E-state index < -0.39 is 17.7 Å². The number of hydrogen-bond donors (Lipinski definition) is 0. The van der Waals surface area contributed by atoms with Crippen LogP contribution in [0.1, 0.15) is 44.9 Å². The van der Waals surface area contributed by atoms with Crippen LogP contribution in [0.25, 0.3) is 42.8 Å². The Morgan fingerprint density at radius 1 is 1.07 bits per heavy atom. The van der Waals surface area contributed by atoms with Crippen molar-refractivity contribution in [1.29, 1.82) is 0 Å². The molecule has 6 rings (SSSR count). The highest BCUT2D eigenvalue weighted by atomic mass is 35.5. The third kappa shape index (κ3) is 5.78. The summed E-state index contributed by atoms with van der Waals surface area (Å²) in [5, 5.41) is 7.02. The smallest absolute Gasteiger partial charge is 0.339 e. The van der Waals surface area contributed by atoms with E-state index >= 15 is 0 Å². The van der Waals surface area contributed by atoms with Crippen molar-refractivity contribution in [2.45, 2.75) is 46.3 Å². The van der Waals surface area contributed by atoms with Crippen molar-refractivity contribution in [3.8, 4) is 21.7 Å². The van der Waals surface area contributed by atoms with Crippen molar-refractivity contribution in [1.82, 2.24) is 19.7 Å². The summed E-state index contributed by atoms with van der Waals surface area (Å²) in [5.41, 5.74) is 5.40. The Bertz CT molecular complexity index is 1940. The van der Waals surface area contributed by atoms with Crippen molar-refractivity contribution in [3.05, 3.63) is 64.7 Å². The maximum atomic E-state index is 13.5. The second-order valence-corrected chi connectivity index (χ2v) is 13.7. The third-order valence-electron chi connectivity index (χ3n) is 7.84. The van der Waals surface area contributed by atoms with E-state index in [0.29, 0.717) is 23.9 Å². The maximum Gasteiger partial charge on any atom is 0.339 e. The number of fused-ring (bicyclic) bond motifs is 2. The summed E-state index contributed by atoms with van der Waals surface area (Å²) in [6, 6.07) is 15.6. The first-order valence-corrected chi connectivity index (χ1v) is 16.1. The highest BCUT2D eigenvalue weighted by Crippen LogP contribution is 2.45. The van der Waals surface area contributed by atoms with Gasteiger partial charge in [-0.05, 0) is 82.1 Å². The minimum Gasteiger partial charge on any atom is -0.464 e. The van der Waals surface area contributed by atoms with E-state index in [1.54, 1.807) is 39.8 Å². The summed E-state index contributed by atoms with van der Waals surface area (Å²) >= 11 is 7.84. The van der Waals surface area contributed by atoms with Gasteiger partial charge in [0.2, 0.25) is 0 Å². The molecule has 45 heavy (non-hydrogen) atoms. The van der Waals surface area contributed by atoms with E-state index in [4.69, 9.17) is 31.2 Å². The Morgan fingerprint density at radius 2 is 1.78 bits per heavy atom. The lowest BCUT2D eigenvalue weighted by molar-refractivity contribution is -0.166. The molecular formula is C34H36ClN5O4S. The average molecular weight is 646 g/mol. The van der Waals surface area contributed by atoms with Gasteiger partial charge in [-0.3, -0.25) is 9.58 Å². The van der Waals surface area contributed by atoms with Crippen LogP contribution in [0.4, 0.5) is 10.6 Å². The number of halogens is 1. The molecule has 2 amide bonds. The van der Waals surface area contributed by atoms with Crippen molar-refractivity contribution >= 4 is 61.9 Å². The van der Waals surface area contributed by atoms with E-state index in [0.717, 1.165) is 53.9 Å². The normalized spacial score (nSPS) is 14.6. The molecule has 1 aliphatic rings. The highest BCUT2D eigenvalue weighted by Gasteiger charge is 2.34. The molecule has 3 heterocycles. The number of urea groups is 1. The molecule has 1 saturated heterocycles. The number of anilines is 1. The highest BCUT2D eigenvalue weighted by molar-refractivity contribution is 7.22. The van der Waals surface area contributed by atoms with Gasteiger partial charge in [0.25, 0.3) is 0 Å². The van der Waals surface area contributed by atoms with Crippen LogP contribution in [0.3, 0.4) is 0 Å². The van der Waals surface area contributed by atoms with E-state index in [1.807, 2.05) is 77.2 Å². The van der Waals surface area contributed by atoms with Gasteiger partial charge in [0.15, 0.2) is 11.9 Å². The van der Waals surface area contributed by atoms with Crippen molar-refractivity contribution in [2.75, 3.05) is 31.6 Å². The zero-order valence-corrected chi connectivity index (χ0v) is 28.0. The van der Waals surface area contributed by atoms with Gasteiger partial charge in [0.05, 0.1) is 27.9 Å². The molecule has 0 N–H and O–H groups in total. The van der Waals surface area contributed by atoms with E-state index in [9.17, 15) is 9.59 Å². The summed E-state index contributed by atoms with van der Waals surface area (Å²) < 4.78 is 14.7. The van der Waals surface area contributed by atoms with Crippen LogP contribution in [0.5, 0.6) is 0 Å². The molecule has 234 valence electrons. The minimum atomic E-state index is -0.948. The summed E-state index contributed by atoms with van der Waals surface area (Å²) in [4.78, 5) is 34.8. The molecule has 0 unspecified atom stereocenters. The van der Waals surface area contributed by atoms with Crippen molar-refractivity contribution in [2.24, 2.45) is 7.05 Å². The van der Waals surface area contributed by atoms with Gasteiger partial charge in [-0.1, -0.05) is 23.7 Å². The predicted molar refractivity (Wildman–Crippen MR) is 180 cm³/mol. The summed E-state index contributed by atoms with van der Waals surface area (Å²) in [5.74, 6) is 0.202. The summed E-state index contributed by atoms with van der Waals surface area (Å²) in [7, 11) is 3.68. The van der Waals surface area contributed by atoms with Gasteiger partial charge in [0, 0.05) is 54.3 Å². The molecule has 0 saturated carbocycles. The Kier molecular flexibility index (Phi) is 8.09. The number of ether oxygens (including phenoxy) is 2. The van der Waals surface area contributed by atoms with Crippen LogP contribution in [-0.4, -0.2) is 64.0 Å². The number of nitrogens with zero attached hydrogens (tertiary/aromatic N) is 5. The number of aryl methyl sites for hydroxylation is 2. The van der Waals surface area contributed by atoms with Crippen LogP contribution >= 0.6 is 22.9 Å². The molecule has 9 nitrogen and oxygen atoms in total. The van der Waals surface area contributed by atoms with Crippen molar-refractivity contribution in [3.63, 3.8) is 0 Å². The van der Waals surface area contributed by atoms with Crippen molar-refractivity contribution < 1.29 is 19.1 Å². The number of likely N-dealkylation sites (N-methyl/N-ethyl adjacent to an activating group) is 1. The van der Waals surface area contributed by atoms with Gasteiger partial charge < -0.3 is 14.4 Å². The Balaban J connectivity index is 1.56. The molecule has 0 spiro atoms. The lowest BCUT2D eigenvalue weighted by atomic mass is 9.91. The van der Waals surface area contributed by atoms with E-state index in [2.05, 4.69) is 6.07 Å². The molecular weight excluding hydrogens is 610 g/mol. The van der Waals surface area contributed by atoms with Gasteiger partial charge in [-0.25, -0.2) is 14.6 Å². The molecule has 2 aromatic heterocycles. The monoisotopic (exact) mass is 645 g/mol. The first-order chi connectivity index (χ1) is 21.4. The number of carbonyl (C=O) groups excluding carboxylic acids is 2. The number of thiazole rings is 1. The summed E-state index contributed by atoms with van der Waals surface area (Å²) in [6.07, 6.45) is -0.948. The quantitative estimate of drug-likeness (QED) is 0.168. The molecule has 3 aromatic carbocycles.